The number of aliphatic hydroxyl groups excluding tert-OH is 1. The maximum Gasteiger partial charge on any atom is 0.323 e. The molecule has 1 aliphatic heterocycles. The standard InChI is InChI=1S/C33H36ClFN4O4/c1-19-22(8-6-11-27(19)37-32(41)21-17-38(2)33(42)39(3)18-21)24-10-5-9-23(31(24)34)20-14-26(35)25(30(15-20)43-4)16-36-28-12-7-13-29(28)40/h5-6,8-11,14-15,17,28-29,36,40H,7,12-13,16,18H2,1-4H3,(H,37,41)/t28-,29-/m0/s1. The normalized spacial score (nSPS) is 18.6. The highest BCUT2D eigenvalue weighted by molar-refractivity contribution is 6.36. The summed E-state index contributed by atoms with van der Waals surface area (Å²) < 4.78 is 21.0. The molecule has 2 atom stereocenters. The van der Waals surface area contributed by atoms with Crippen molar-refractivity contribution in [2.75, 3.05) is 33.1 Å². The molecule has 0 aromatic heterocycles. The first kappa shape index (κ1) is 30.5. The number of urea groups is 1. The summed E-state index contributed by atoms with van der Waals surface area (Å²) in [5.41, 5.74) is 5.03. The van der Waals surface area contributed by atoms with Gasteiger partial charge in [-0.1, -0.05) is 41.9 Å². The minimum Gasteiger partial charge on any atom is -0.496 e. The lowest BCUT2D eigenvalue weighted by Crippen LogP contribution is -2.43. The van der Waals surface area contributed by atoms with Crippen LogP contribution >= 0.6 is 11.6 Å². The first-order valence-corrected chi connectivity index (χ1v) is 14.6. The Bertz CT molecular complexity index is 1590. The average Bonchev–Trinajstić information content (AvgIpc) is 3.40. The topological polar surface area (TPSA) is 94.1 Å². The van der Waals surface area contributed by atoms with E-state index in [1.807, 2.05) is 43.3 Å². The summed E-state index contributed by atoms with van der Waals surface area (Å²) in [7, 11) is 4.76. The minimum absolute atomic E-state index is 0.0648. The molecule has 2 aliphatic rings. The number of carbonyl (C=O) groups excluding carboxylic acids is 2. The van der Waals surface area contributed by atoms with Crippen LogP contribution in [0, 0.1) is 12.7 Å². The van der Waals surface area contributed by atoms with Crippen molar-refractivity contribution in [1.82, 2.24) is 15.1 Å². The molecule has 10 heteroatoms. The molecule has 3 N–H and O–H groups in total. The molecule has 226 valence electrons. The second kappa shape index (κ2) is 12.8. The molecule has 3 aromatic rings. The lowest BCUT2D eigenvalue weighted by molar-refractivity contribution is -0.113. The van der Waals surface area contributed by atoms with Gasteiger partial charge in [-0.25, -0.2) is 9.18 Å². The van der Waals surface area contributed by atoms with E-state index >= 15 is 4.39 Å². The minimum atomic E-state index is -0.427. The van der Waals surface area contributed by atoms with E-state index in [4.69, 9.17) is 16.3 Å². The number of amides is 3. The number of hydrogen-bond acceptors (Lipinski definition) is 5. The van der Waals surface area contributed by atoms with Gasteiger partial charge in [-0.05, 0) is 61.1 Å². The molecule has 0 bridgehead atoms. The molecule has 1 aliphatic carbocycles. The van der Waals surface area contributed by atoms with Crippen LogP contribution in [0.2, 0.25) is 5.02 Å². The lowest BCUT2D eigenvalue weighted by Gasteiger charge is -2.29. The molecule has 43 heavy (non-hydrogen) atoms. The average molecular weight is 607 g/mol. The zero-order valence-corrected chi connectivity index (χ0v) is 25.5. The molecule has 3 aromatic carbocycles. The molecule has 0 unspecified atom stereocenters. The summed E-state index contributed by atoms with van der Waals surface area (Å²) in [5.74, 6) is -0.329. The van der Waals surface area contributed by atoms with Gasteiger partial charge in [0.1, 0.15) is 11.6 Å². The van der Waals surface area contributed by atoms with Crippen LogP contribution in [0.1, 0.15) is 30.4 Å². The summed E-state index contributed by atoms with van der Waals surface area (Å²) in [6, 6.07) is 14.1. The smallest absolute Gasteiger partial charge is 0.323 e. The summed E-state index contributed by atoms with van der Waals surface area (Å²) in [4.78, 5) is 28.0. The van der Waals surface area contributed by atoms with Gasteiger partial charge in [-0.15, -0.1) is 0 Å². The third-order valence-corrected chi connectivity index (χ3v) is 8.66. The number of anilines is 1. The zero-order valence-electron chi connectivity index (χ0n) is 24.7. The number of hydrogen-bond donors (Lipinski definition) is 3. The van der Waals surface area contributed by atoms with Gasteiger partial charge in [0.2, 0.25) is 0 Å². The fourth-order valence-corrected chi connectivity index (χ4v) is 6.15. The zero-order chi connectivity index (χ0) is 30.8. The van der Waals surface area contributed by atoms with Gasteiger partial charge in [-0.2, -0.15) is 0 Å². The van der Waals surface area contributed by atoms with Crippen molar-refractivity contribution in [2.24, 2.45) is 0 Å². The first-order valence-electron chi connectivity index (χ1n) is 14.3. The van der Waals surface area contributed by atoms with Crippen molar-refractivity contribution in [3.8, 4) is 28.0 Å². The number of aliphatic hydroxyl groups is 1. The lowest BCUT2D eigenvalue weighted by atomic mass is 9.94. The van der Waals surface area contributed by atoms with E-state index in [-0.39, 0.29) is 31.1 Å². The van der Waals surface area contributed by atoms with Gasteiger partial charge >= 0.3 is 6.03 Å². The highest BCUT2D eigenvalue weighted by atomic mass is 35.5. The second-order valence-corrected chi connectivity index (χ2v) is 11.5. The molecule has 1 heterocycles. The van der Waals surface area contributed by atoms with E-state index in [2.05, 4.69) is 10.6 Å². The fraction of sp³-hybridized carbons (Fsp3) is 0.333. The predicted molar refractivity (Wildman–Crippen MR) is 167 cm³/mol. The summed E-state index contributed by atoms with van der Waals surface area (Å²) in [6.07, 6.45) is 3.66. The fourth-order valence-electron chi connectivity index (χ4n) is 5.81. The number of nitrogens with one attached hydrogen (secondary N) is 2. The Hall–Kier alpha value is -3.92. The third kappa shape index (κ3) is 6.25. The number of rotatable bonds is 8. The molecule has 8 nitrogen and oxygen atoms in total. The van der Waals surface area contributed by atoms with Gasteiger partial charge in [0.25, 0.3) is 5.91 Å². The van der Waals surface area contributed by atoms with Crippen LogP contribution in [-0.2, 0) is 11.3 Å². The number of nitrogens with zero attached hydrogens (tertiary/aromatic N) is 2. The Morgan fingerprint density at radius 3 is 2.53 bits per heavy atom. The Morgan fingerprint density at radius 1 is 1.12 bits per heavy atom. The Kier molecular flexibility index (Phi) is 9.05. The van der Waals surface area contributed by atoms with Crippen LogP contribution in [0.3, 0.4) is 0 Å². The monoisotopic (exact) mass is 606 g/mol. The number of benzene rings is 3. The Morgan fingerprint density at radius 2 is 1.84 bits per heavy atom. The van der Waals surface area contributed by atoms with Crippen LogP contribution < -0.4 is 15.4 Å². The third-order valence-electron chi connectivity index (χ3n) is 8.25. The molecular formula is C33H36ClFN4O4. The molecule has 1 fully saturated rings. The van der Waals surface area contributed by atoms with Gasteiger partial charge in [0, 0.05) is 55.3 Å². The molecular weight excluding hydrogens is 571 g/mol. The highest BCUT2D eigenvalue weighted by Gasteiger charge is 2.27. The van der Waals surface area contributed by atoms with E-state index in [1.54, 1.807) is 26.4 Å². The SMILES string of the molecule is COc1cc(-c2cccc(-c3cccc(NC(=O)C4=CN(C)C(=O)N(C)C4)c3C)c2Cl)cc(F)c1CN[C@H]1CCC[C@@H]1O. The highest BCUT2D eigenvalue weighted by Crippen LogP contribution is 2.41. The van der Waals surface area contributed by atoms with E-state index in [9.17, 15) is 14.7 Å². The van der Waals surface area contributed by atoms with Crippen molar-refractivity contribution in [2.45, 2.75) is 44.9 Å². The van der Waals surface area contributed by atoms with Crippen LogP contribution in [-0.4, -0.2) is 66.7 Å². The molecule has 0 saturated heterocycles. The largest absolute Gasteiger partial charge is 0.496 e. The quantitative estimate of drug-likeness (QED) is 0.295. The molecule has 1 saturated carbocycles. The number of halogens is 2. The van der Waals surface area contributed by atoms with Crippen molar-refractivity contribution in [3.63, 3.8) is 0 Å². The molecule has 3 amide bonds. The van der Waals surface area contributed by atoms with Crippen molar-refractivity contribution < 1.29 is 23.8 Å². The van der Waals surface area contributed by atoms with E-state index in [0.717, 1.165) is 36.0 Å². The van der Waals surface area contributed by atoms with Gasteiger partial charge in [0.15, 0.2) is 0 Å². The number of methoxy groups -OCH3 is 1. The second-order valence-electron chi connectivity index (χ2n) is 11.1. The summed E-state index contributed by atoms with van der Waals surface area (Å²) in [6.45, 7) is 2.35. The van der Waals surface area contributed by atoms with E-state index in [1.165, 1.54) is 23.0 Å². The molecule has 5 rings (SSSR count). The Balaban J connectivity index is 1.42. The maximum atomic E-state index is 15.5. The van der Waals surface area contributed by atoms with Crippen molar-refractivity contribution >= 4 is 29.2 Å². The molecule has 0 spiro atoms. The van der Waals surface area contributed by atoms with E-state index in [0.29, 0.717) is 38.7 Å². The van der Waals surface area contributed by atoms with E-state index < -0.39 is 11.9 Å². The van der Waals surface area contributed by atoms with Crippen LogP contribution in [0.15, 0.2) is 60.3 Å². The Labute approximate surface area is 256 Å². The number of likely N-dealkylation sites (N-methyl/N-ethyl adjacent to an activating group) is 1. The summed E-state index contributed by atoms with van der Waals surface area (Å²) in [5, 5.41) is 16.8. The van der Waals surface area contributed by atoms with Gasteiger partial charge in [-0.3, -0.25) is 4.79 Å². The van der Waals surface area contributed by atoms with Crippen molar-refractivity contribution in [3.05, 3.63) is 82.3 Å². The molecule has 0 radical (unpaired) electrons. The van der Waals surface area contributed by atoms with Gasteiger partial charge in [0.05, 0.1) is 30.4 Å². The number of carbonyl (C=O) groups is 2. The summed E-state index contributed by atoms with van der Waals surface area (Å²) >= 11 is 6.98. The van der Waals surface area contributed by atoms with Crippen molar-refractivity contribution in [1.29, 1.82) is 0 Å². The predicted octanol–water partition coefficient (Wildman–Crippen LogP) is 5.95. The maximum absolute atomic E-state index is 15.5. The number of ether oxygens (including phenoxy) is 1. The van der Waals surface area contributed by atoms with Gasteiger partial charge < -0.3 is 30.3 Å². The van der Waals surface area contributed by atoms with Crippen LogP contribution in [0.5, 0.6) is 5.75 Å². The van der Waals surface area contributed by atoms with Crippen LogP contribution in [0.25, 0.3) is 22.3 Å². The first-order chi connectivity index (χ1) is 20.6. The van der Waals surface area contributed by atoms with Crippen LogP contribution in [0.4, 0.5) is 14.9 Å².